The van der Waals surface area contributed by atoms with Gasteiger partial charge in [0.1, 0.15) is 0 Å². The molecule has 6 heteroatoms. The second-order valence-electron chi connectivity index (χ2n) is 3.40. The summed E-state index contributed by atoms with van der Waals surface area (Å²) in [6.07, 6.45) is 3.32. The zero-order valence-electron chi connectivity index (χ0n) is 8.49. The molecule has 1 aliphatic heterocycles. The molecule has 0 aliphatic carbocycles. The van der Waals surface area contributed by atoms with Gasteiger partial charge < -0.3 is 15.7 Å². The van der Waals surface area contributed by atoms with Gasteiger partial charge in [0.2, 0.25) is 0 Å². The van der Waals surface area contributed by atoms with Crippen LogP contribution in [0.4, 0.5) is 4.79 Å². The number of hydrogen-bond donors (Lipinski definition) is 3. The van der Waals surface area contributed by atoms with Crippen molar-refractivity contribution in [3.63, 3.8) is 0 Å². The fraction of sp³-hybridized carbons (Fsp3) is 0.778. The zero-order valence-corrected chi connectivity index (χ0v) is 9.31. The Morgan fingerprint density at radius 1 is 1.40 bits per heavy atom. The van der Waals surface area contributed by atoms with E-state index in [-0.39, 0.29) is 24.4 Å². The largest absolute Gasteiger partial charge is 0.481 e. The maximum Gasteiger partial charge on any atom is 0.315 e. The molecule has 15 heavy (non-hydrogen) atoms. The summed E-state index contributed by atoms with van der Waals surface area (Å²) in [4.78, 5) is 21.5. The van der Waals surface area contributed by atoms with Gasteiger partial charge in [0.15, 0.2) is 0 Å². The van der Waals surface area contributed by atoms with E-state index in [2.05, 4.69) is 10.6 Å². The molecule has 1 saturated heterocycles. The summed E-state index contributed by atoms with van der Waals surface area (Å²) in [5, 5.41) is 13.9. The van der Waals surface area contributed by atoms with Crippen LogP contribution in [0.1, 0.15) is 25.7 Å². The smallest absolute Gasteiger partial charge is 0.315 e. The summed E-state index contributed by atoms with van der Waals surface area (Å²) in [5.41, 5.74) is 0. The number of hydrogen-bond acceptors (Lipinski definition) is 3. The molecule has 1 fully saturated rings. The Kier molecular flexibility index (Phi) is 5.31. The van der Waals surface area contributed by atoms with Gasteiger partial charge in [-0.15, -0.1) is 11.8 Å². The number of amides is 2. The van der Waals surface area contributed by atoms with E-state index >= 15 is 0 Å². The molecule has 1 aliphatic rings. The molecule has 0 aromatic rings. The van der Waals surface area contributed by atoms with Crippen molar-refractivity contribution in [1.82, 2.24) is 10.6 Å². The molecular formula is C9H16N2O3S. The van der Waals surface area contributed by atoms with Gasteiger partial charge in [-0.3, -0.25) is 4.79 Å². The first kappa shape index (κ1) is 12.2. The molecular weight excluding hydrogens is 216 g/mol. The van der Waals surface area contributed by atoms with Crippen LogP contribution in [0.25, 0.3) is 0 Å². The van der Waals surface area contributed by atoms with Gasteiger partial charge in [0, 0.05) is 6.54 Å². The lowest BCUT2D eigenvalue weighted by Crippen LogP contribution is -2.42. The van der Waals surface area contributed by atoms with E-state index < -0.39 is 5.97 Å². The third-order valence-electron chi connectivity index (χ3n) is 2.10. The van der Waals surface area contributed by atoms with Crippen LogP contribution in [-0.4, -0.2) is 34.8 Å². The number of carbonyl (C=O) groups is 2. The minimum absolute atomic E-state index is 0.0365. The van der Waals surface area contributed by atoms with Crippen LogP contribution in [0.5, 0.6) is 0 Å². The molecule has 3 N–H and O–H groups in total. The summed E-state index contributed by atoms with van der Waals surface area (Å²) in [7, 11) is 0. The van der Waals surface area contributed by atoms with Gasteiger partial charge in [-0.1, -0.05) is 0 Å². The molecule has 1 atom stereocenters. The Bertz CT molecular complexity index is 229. The number of urea groups is 1. The van der Waals surface area contributed by atoms with Crippen LogP contribution in [0.2, 0.25) is 0 Å². The molecule has 2 amide bonds. The van der Waals surface area contributed by atoms with E-state index in [1.165, 1.54) is 6.42 Å². The van der Waals surface area contributed by atoms with Crippen molar-refractivity contribution in [2.24, 2.45) is 0 Å². The van der Waals surface area contributed by atoms with Crippen LogP contribution in [-0.2, 0) is 4.79 Å². The predicted octanol–water partition coefficient (Wildman–Crippen LogP) is 1.00. The average Bonchev–Trinajstić information content (AvgIpc) is 2.18. The minimum atomic E-state index is -0.901. The molecule has 0 bridgehead atoms. The lowest BCUT2D eigenvalue weighted by molar-refractivity contribution is -0.136. The zero-order chi connectivity index (χ0) is 11.1. The van der Waals surface area contributed by atoms with Crippen molar-refractivity contribution in [1.29, 1.82) is 0 Å². The fourth-order valence-corrected chi connectivity index (χ4v) is 2.51. The van der Waals surface area contributed by atoms with E-state index in [1.54, 1.807) is 11.8 Å². The SMILES string of the molecule is O=C(O)CCNC(=O)NC1CCCCS1. The first-order valence-corrected chi connectivity index (χ1v) is 6.11. The van der Waals surface area contributed by atoms with Gasteiger partial charge in [-0.05, 0) is 25.0 Å². The molecule has 0 aromatic carbocycles. The summed E-state index contributed by atoms with van der Waals surface area (Å²) >= 11 is 1.74. The van der Waals surface area contributed by atoms with E-state index in [1.807, 2.05) is 0 Å². The Balaban J connectivity index is 2.09. The first-order chi connectivity index (χ1) is 7.18. The third kappa shape index (κ3) is 5.51. The van der Waals surface area contributed by atoms with Crippen molar-refractivity contribution in [2.45, 2.75) is 31.1 Å². The highest BCUT2D eigenvalue weighted by Gasteiger charge is 2.15. The molecule has 86 valence electrons. The summed E-state index contributed by atoms with van der Waals surface area (Å²) < 4.78 is 0. The van der Waals surface area contributed by atoms with Crippen LogP contribution in [0.15, 0.2) is 0 Å². The van der Waals surface area contributed by atoms with Crippen LogP contribution in [0, 0.1) is 0 Å². The summed E-state index contributed by atoms with van der Waals surface area (Å²) in [6, 6.07) is -0.268. The van der Waals surface area contributed by atoms with Crippen molar-refractivity contribution >= 4 is 23.8 Å². The highest BCUT2D eigenvalue weighted by atomic mass is 32.2. The molecule has 1 unspecified atom stereocenters. The van der Waals surface area contributed by atoms with Crippen molar-refractivity contribution in [3.8, 4) is 0 Å². The monoisotopic (exact) mass is 232 g/mol. The number of carbonyl (C=O) groups excluding carboxylic acids is 1. The number of carboxylic acid groups (broad SMARTS) is 1. The van der Waals surface area contributed by atoms with Crippen molar-refractivity contribution in [3.05, 3.63) is 0 Å². The van der Waals surface area contributed by atoms with Gasteiger partial charge in [0.25, 0.3) is 0 Å². The van der Waals surface area contributed by atoms with Crippen molar-refractivity contribution in [2.75, 3.05) is 12.3 Å². The summed E-state index contributed by atoms with van der Waals surface area (Å²) in [5.74, 6) is 0.183. The highest BCUT2D eigenvalue weighted by molar-refractivity contribution is 7.99. The molecule has 0 saturated carbocycles. The second kappa shape index (κ2) is 6.55. The van der Waals surface area contributed by atoms with E-state index in [0.717, 1.165) is 18.6 Å². The van der Waals surface area contributed by atoms with E-state index in [9.17, 15) is 9.59 Å². The van der Waals surface area contributed by atoms with Gasteiger partial charge >= 0.3 is 12.0 Å². The van der Waals surface area contributed by atoms with E-state index in [0.29, 0.717) is 0 Å². The predicted molar refractivity (Wildman–Crippen MR) is 58.9 cm³/mol. The second-order valence-corrected chi connectivity index (χ2v) is 4.71. The standard InChI is InChI=1S/C9H16N2O3S/c12-8(13)4-5-10-9(14)11-7-3-1-2-6-15-7/h7H,1-6H2,(H,12,13)(H2,10,11,14). The highest BCUT2D eigenvalue weighted by Crippen LogP contribution is 2.22. The minimum Gasteiger partial charge on any atom is -0.481 e. The Morgan fingerprint density at radius 3 is 2.80 bits per heavy atom. The van der Waals surface area contributed by atoms with Gasteiger partial charge in [0.05, 0.1) is 11.8 Å². The van der Waals surface area contributed by atoms with E-state index in [4.69, 9.17) is 5.11 Å². The number of aliphatic carboxylic acids is 1. The number of carboxylic acids is 1. The molecule has 5 nitrogen and oxygen atoms in total. The first-order valence-electron chi connectivity index (χ1n) is 5.06. The maximum absolute atomic E-state index is 11.3. The van der Waals surface area contributed by atoms with Crippen LogP contribution < -0.4 is 10.6 Å². The average molecular weight is 232 g/mol. The number of nitrogens with one attached hydrogen (secondary N) is 2. The Morgan fingerprint density at radius 2 is 2.20 bits per heavy atom. The maximum atomic E-state index is 11.3. The Hall–Kier alpha value is -0.910. The quantitative estimate of drug-likeness (QED) is 0.675. The topological polar surface area (TPSA) is 78.4 Å². The van der Waals surface area contributed by atoms with Crippen LogP contribution in [0.3, 0.4) is 0 Å². The third-order valence-corrected chi connectivity index (χ3v) is 3.38. The molecule has 0 spiro atoms. The molecule has 0 radical (unpaired) electrons. The molecule has 0 aromatic heterocycles. The summed E-state index contributed by atoms with van der Waals surface area (Å²) in [6.45, 7) is 0.179. The van der Waals surface area contributed by atoms with Crippen LogP contribution >= 0.6 is 11.8 Å². The van der Waals surface area contributed by atoms with Crippen molar-refractivity contribution < 1.29 is 14.7 Å². The lowest BCUT2D eigenvalue weighted by Gasteiger charge is -2.22. The fourth-order valence-electron chi connectivity index (χ4n) is 1.33. The normalized spacial score (nSPS) is 20.7. The van der Waals surface area contributed by atoms with Gasteiger partial charge in [-0.25, -0.2) is 4.79 Å². The lowest BCUT2D eigenvalue weighted by atomic mass is 10.2. The van der Waals surface area contributed by atoms with Gasteiger partial charge in [-0.2, -0.15) is 0 Å². The number of thioether (sulfide) groups is 1. The number of rotatable bonds is 4. The molecule has 1 rings (SSSR count). The Labute approximate surface area is 93.0 Å². The molecule has 1 heterocycles.